The summed E-state index contributed by atoms with van der Waals surface area (Å²) >= 11 is 1.59. The Balaban J connectivity index is 2.21. The van der Waals surface area contributed by atoms with Crippen molar-refractivity contribution in [3.63, 3.8) is 0 Å². The minimum Gasteiger partial charge on any atom is -0.464 e. The SMILES string of the molecule is CCCCOC(=O)C1CSC(CC(C)C)N1C(=O)c1cccc(F)c1. The van der Waals surface area contributed by atoms with Crippen molar-refractivity contribution < 1.29 is 18.7 Å². The molecule has 138 valence electrons. The van der Waals surface area contributed by atoms with Crippen molar-refractivity contribution in [1.29, 1.82) is 0 Å². The Morgan fingerprint density at radius 3 is 2.80 bits per heavy atom. The fraction of sp³-hybridized carbons (Fsp3) is 0.579. The lowest BCUT2D eigenvalue weighted by Gasteiger charge is -2.29. The van der Waals surface area contributed by atoms with E-state index in [9.17, 15) is 14.0 Å². The summed E-state index contributed by atoms with van der Waals surface area (Å²) in [5.41, 5.74) is 0.266. The summed E-state index contributed by atoms with van der Waals surface area (Å²) in [5, 5.41) is -0.0977. The molecule has 0 saturated carbocycles. The number of benzene rings is 1. The van der Waals surface area contributed by atoms with Gasteiger partial charge in [-0.05, 0) is 37.0 Å². The molecule has 1 aromatic carbocycles. The first-order valence-corrected chi connectivity index (χ1v) is 9.85. The average molecular weight is 367 g/mol. The number of carbonyl (C=O) groups excluding carboxylic acids is 2. The largest absolute Gasteiger partial charge is 0.464 e. The van der Waals surface area contributed by atoms with Crippen LogP contribution in [0, 0.1) is 11.7 Å². The number of hydrogen-bond acceptors (Lipinski definition) is 4. The molecule has 0 N–H and O–H groups in total. The Morgan fingerprint density at radius 1 is 1.40 bits per heavy atom. The maximum atomic E-state index is 13.5. The first kappa shape index (κ1) is 19.8. The first-order chi connectivity index (χ1) is 11.9. The smallest absolute Gasteiger partial charge is 0.329 e. The highest BCUT2D eigenvalue weighted by molar-refractivity contribution is 8.00. The molecule has 1 fully saturated rings. The lowest BCUT2D eigenvalue weighted by atomic mass is 10.1. The number of esters is 1. The van der Waals surface area contributed by atoms with Crippen molar-refractivity contribution in [2.75, 3.05) is 12.4 Å². The number of unbranched alkanes of at least 4 members (excludes halogenated alkanes) is 1. The van der Waals surface area contributed by atoms with E-state index in [1.807, 2.05) is 6.92 Å². The second kappa shape index (κ2) is 9.22. The van der Waals surface area contributed by atoms with E-state index in [0.717, 1.165) is 19.3 Å². The third-order valence-electron chi connectivity index (χ3n) is 4.09. The predicted octanol–water partition coefficient (Wildman–Crippen LogP) is 4.10. The van der Waals surface area contributed by atoms with Crippen molar-refractivity contribution in [3.8, 4) is 0 Å². The quantitative estimate of drug-likeness (QED) is 0.538. The van der Waals surface area contributed by atoms with Crippen LogP contribution in [-0.2, 0) is 9.53 Å². The van der Waals surface area contributed by atoms with Gasteiger partial charge in [0, 0.05) is 11.3 Å². The molecule has 2 unspecified atom stereocenters. The van der Waals surface area contributed by atoms with Crippen LogP contribution < -0.4 is 0 Å². The molecule has 0 aromatic heterocycles. The molecule has 25 heavy (non-hydrogen) atoms. The lowest BCUT2D eigenvalue weighted by molar-refractivity contribution is -0.148. The van der Waals surface area contributed by atoms with Gasteiger partial charge in [-0.15, -0.1) is 11.8 Å². The average Bonchev–Trinajstić information content (AvgIpc) is 2.97. The zero-order valence-corrected chi connectivity index (χ0v) is 15.9. The van der Waals surface area contributed by atoms with Gasteiger partial charge in [-0.2, -0.15) is 0 Å². The Kier molecular flexibility index (Phi) is 7.29. The van der Waals surface area contributed by atoms with Gasteiger partial charge in [-0.25, -0.2) is 9.18 Å². The molecule has 0 spiro atoms. The number of ether oxygens (including phenoxy) is 1. The van der Waals surface area contributed by atoms with Gasteiger partial charge in [0.25, 0.3) is 5.91 Å². The molecule has 1 heterocycles. The minimum atomic E-state index is -0.610. The maximum Gasteiger partial charge on any atom is 0.329 e. The highest BCUT2D eigenvalue weighted by Gasteiger charge is 2.42. The number of carbonyl (C=O) groups is 2. The summed E-state index contributed by atoms with van der Waals surface area (Å²) in [7, 11) is 0. The van der Waals surface area contributed by atoms with E-state index in [-0.39, 0.29) is 22.8 Å². The Bertz CT molecular complexity index is 608. The summed E-state index contributed by atoms with van der Waals surface area (Å²) in [6, 6.07) is 5.01. The van der Waals surface area contributed by atoms with E-state index < -0.39 is 11.9 Å². The van der Waals surface area contributed by atoms with Crippen LogP contribution >= 0.6 is 11.8 Å². The van der Waals surface area contributed by atoms with E-state index in [1.165, 1.54) is 18.2 Å². The van der Waals surface area contributed by atoms with E-state index in [0.29, 0.717) is 18.3 Å². The van der Waals surface area contributed by atoms with Crippen LogP contribution in [0.4, 0.5) is 4.39 Å². The van der Waals surface area contributed by atoms with Crippen LogP contribution in [0.3, 0.4) is 0 Å². The monoisotopic (exact) mass is 367 g/mol. The van der Waals surface area contributed by atoms with Crippen molar-refractivity contribution in [1.82, 2.24) is 4.90 Å². The van der Waals surface area contributed by atoms with Crippen LogP contribution in [0.2, 0.25) is 0 Å². The van der Waals surface area contributed by atoms with Gasteiger partial charge in [0.05, 0.1) is 12.0 Å². The maximum absolute atomic E-state index is 13.5. The number of nitrogens with zero attached hydrogens (tertiary/aromatic N) is 1. The third-order valence-corrected chi connectivity index (χ3v) is 5.40. The Hall–Kier alpha value is -1.56. The highest BCUT2D eigenvalue weighted by atomic mass is 32.2. The van der Waals surface area contributed by atoms with Crippen LogP contribution in [0.25, 0.3) is 0 Å². The fourth-order valence-corrected chi connectivity index (χ4v) is 4.41. The summed E-state index contributed by atoms with van der Waals surface area (Å²) in [4.78, 5) is 27.0. The number of amides is 1. The number of thioether (sulfide) groups is 1. The van der Waals surface area contributed by atoms with Gasteiger partial charge in [0.15, 0.2) is 0 Å². The standard InChI is InChI=1S/C19H26FNO3S/c1-4-5-9-24-19(23)16-12-25-17(10-13(2)3)21(16)18(22)14-7-6-8-15(20)11-14/h6-8,11,13,16-17H,4-5,9-10,12H2,1-3H3. The molecule has 0 radical (unpaired) electrons. The molecule has 1 aliphatic rings. The van der Waals surface area contributed by atoms with Gasteiger partial charge >= 0.3 is 5.97 Å². The van der Waals surface area contributed by atoms with E-state index in [2.05, 4.69) is 13.8 Å². The molecule has 2 atom stereocenters. The van der Waals surface area contributed by atoms with E-state index >= 15 is 0 Å². The van der Waals surface area contributed by atoms with Crippen LogP contribution in [-0.4, -0.2) is 40.6 Å². The topological polar surface area (TPSA) is 46.6 Å². The number of rotatable bonds is 7. The van der Waals surface area contributed by atoms with Crippen molar-refractivity contribution >= 4 is 23.6 Å². The Labute approximate surface area is 153 Å². The van der Waals surface area contributed by atoms with Crippen molar-refractivity contribution in [3.05, 3.63) is 35.6 Å². The van der Waals surface area contributed by atoms with Gasteiger partial charge in [-0.3, -0.25) is 4.79 Å². The van der Waals surface area contributed by atoms with Crippen molar-refractivity contribution in [2.45, 2.75) is 51.4 Å². The minimum absolute atomic E-state index is 0.0977. The van der Waals surface area contributed by atoms with Gasteiger partial charge in [-0.1, -0.05) is 33.3 Å². The van der Waals surface area contributed by atoms with Crippen molar-refractivity contribution in [2.24, 2.45) is 5.92 Å². The number of halogens is 1. The predicted molar refractivity (Wildman–Crippen MR) is 97.9 cm³/mol. The fourth-order valence-electron chi connectivity index (χ4n) is 2.79. The molecule has 1 aliphatic heterocycles. The molecule has 4 nitrogen and oxygen atoms in total. The second-order valence-corrected chi connectivity index (χ2v) is 7.89. The summed E-state index contributed by atoms with van der Waals surface area (Å²) < 4.78 is 18.9. The van der Waals surface area contributed by atoms with Crippen LogP contribution in [0.15, 0.2) is 24.3 Å². The van der Waals surface area contributed by atoms with Crippen LogP contribution in [0.1, 0.15) is 50.4 Å². The molecule has 1 amide bonds. The van der Waals surface area contributed by atoms with Gasteiger partial charge < -0.3 is 9.64 Å². The zero-order valence-electron chi connectivity index (χ0n) is 15.0. The molecule has 0 bridgehead atoms. The molecular weight excluding hydrogens is 341 g/mol. The summed E-state index contributed by atoms with van der Waals surface area (Å²) in [5.74, 6) is -0.233. The summed E-state index contributed by atoms with van der Waals surface area (Å²) in [6.45, 7) is 6.56. The third kappa shape index (κ3) is 5.21. The molecule has 6 heteroatoms. The lowest BCUT2D eigenvalue weighted by Crippen LogP contribution is -2.46. The Morgan fingerprint density at radius 2 is 2.16 bits per heavy atom. The molecule has 2 rings (SSSR count). The van der Waals surface area contributed by atoms with Gasteiger partial charge in [0.2, 0.25) is 0 Å². The molecular formula is C19H26FNO3S. The summed E-state index contributed by atoms with van der Waals surface area (Å²) in [6.07, 6.45) is 2.53. The normalized spacial score (nSPS) is 20.1. The van der Waals surface area contributed by atoms with Gasteiger partial charge in [0.1, 0.15) is 11.9 Å². The zero-order chi connectivity index (χ0) is 18.4. The van der Waals surface area contributed by atoms with Crippen LogP contribution in [0.5, 0.6) is 0 Å². The first-order valence-electron chi connectivity index (χ1n) is 8.80. The number of hydrogen-bond donors (Lipinski definition) is 0. The van der Waals surface area contributed by atoms with E-state index in [4.69, 9.17) is 4.74 Å². The highest BCUT2D eigenvalue weighted by Crippen LogP contribution is 2.35. The molecule has 1 aromatic rings. The second-order valence-electron chi connectivity index (χ2n) is 6.68. The molecule has 1 saturated heterocycles. The molecule has 0 aliphatic carbocycles. The van der Waals surface area contributed by atoms with E-state index in [1.54, 1.807) is 22.7 Å².